The molecule has 0 saturated carbocycles. The fraction of sp³-hybridized carbons (Fsp3) is 0.100. The Labute approximate surface area is 94.9 Å². The predicted octanol–water partition coefficient (Wildman–Crippen LogP) is 3.29. The van der Waals surface area contributed by atoms with Gasteiger partial charge < -0.3 is 5.73 Å². The molecule has 0 aliphatic heterocycles. The minimum Gasteiger partial charge on any atom is -0.375 e. The van der Waals surface area contributed by atoms with E-state index >= 15 is 0 Å². The third-order valence-electron chi connectivity index (χ3n) is 1.88. The molecule has 2 N–H and O–H groups in total. The number of rotatable bonds is 2. The zero-order valence-electron chi connectivity index (χ0n) is 7.40. The van der Waals surface area contributed by atoms with Crippen molar-refractivity contribution in [1.82, 2.24) is 4.98 Å². The van der Waals surface area contributed by atoms with Crippen LogP contribution in [0.1, 0.15) is 5.69 Å². The van der Waals surface area contributed by atoms with Crippen LogP contribution >= 0.6 is 27.3 Å². The summed E-state index contributed by atoms with van der Waals surface area (Å²) in [5.41, 5.74) is 7.87. The standard InChI is InChI=1S/C10H9BrN2S/c11-6-8-9(14-10(12)13-8)7-4-2-1-3-5-7/h1-5H,6H2,(H2,12,13). The molecule has 0 spiro atoms. The van der Waals surface area contributed by atoms with Crippen LogP contribution in [0.3, 0.4) is 0 Å². The van der Waals surface area contributed by atoms with Gasteiger partial charge in [-0.2, -0.15) is 0 Å². The van der Waals surface area contributed by atoms with Crippen LogP contribution in [0.2, 0.25) is 0 Å². The highest BCUT2D eigenvalue weighted by Crippen LogP contribution is 2.32. The Morgan fingerprint density at radius 1 is 1.29 bits per heavy atom. The van der Waals surface area contributed by atoms with E-state index in [2.05, 4.69) is 33.0 Å². The van der Waals surface area contributed by atoms with Gasteiger partial charge in [0, 0.05) is 5.33 Å². The number of nitrogen functional groups attached to an aromatic ring is 1. The summed E-state index contributed by atoms with van der Waals surface area (Å²) in [5.74, 6) is 0. The van der Waals surface area contributed by atoms with E-state index in [9.17, 15) is 0 Å². The Bertz CT molecular complexity index is 425. The number of hydrogen-bond acceptors (Lipinski definition) is 3. The maximum atomic E-state index is 5.68. The second-order valence-electron chi connectivity index (χ2n) is 2.83. The molecule has 2 rings (SSSR count). The second-order valence-corrected chi connectivity index (χ2v) is 4.42. The molecule has 0 saturated heterocycles. The minimum absolute atomic E-state index is 0.623. The number of alkyl halides is 1. The zero-order valence-corrected chi connectivity index (χ0v) is 9.81. The van der Waals surface area contributed by atoms with Crippen molar-refractivity contribution >= 4 is 32.4 Å². The van der Waals surface area contributed by atoms with Crippen molar-refractivity contribution in [1.29, 1.82) is 0 Å². The minimum atomic E-state index is 0.623. The number of nitrogens with zero attached hydrogens (tertiary/aromatic N) is 1. The second kappa shape index (κ2) is 4.11. The molecule has 4 heteroatoms. The van der Waals surface area contributed by atoms with Crippen molar-refractivity contribution in [3.63, 3.8) is 0 Å². The van der Waals surface area contributed by atoms with Crippen LogP contribution in [0.4, 0.5) is 5.13 Å². The Hall–Kier alpha value is -0.870. The summed E-state index contributed by atoms with van der Waals surface area (Å²) in [6.07, 6.45) is 0. The number of halogens is 1. The average molecular weight is 269 g/mol. The van der Waals surface area contributed by atoms with Crippen LogP contribution in [0.15, 0.2) is 30.3 Å². The number of hydrogen-bond donors (Lipinski definition) is 1. The third kappa shape index (κ3) is 1.81. The van der Waals surface area contributed by atoms with Crippen LogP contribution < -0.4 is 5.73 Å². The van der Waals surface area contributed by atoms with E-state index < -0.39 is 0 Å². The highest BCUT2D eigenvalue weighted by Gasteiger charge is 2.09. The van der Waals surface area contributed by atoms with Gasteiger partial charge in [-0.15, -0.1) is 0 Å². The Kier molecular flexibility index (Phi) is 2.84. The van der Waals surface area contributed by atoms with Gasteiger partial charge in [-0.3, -0.25) is 0 Å². The number of benzene rings is 1. The molecule has 14 heavy (non-hydrogen) atoms. The monoisotopic (exact) mass is 268 g/mol. The van der Waals surface area contributed by atoms with Crippen molar-refractivity contribution in [2.24, 2.45) is 0 Å². The molecule has 0 bridgehead atoms. The molecule has 0 aliphatic rings. The predicted molar refractivity (Wildman–Crippen MR) is 64.6 cm³/mol. The van der Waals surface area contributed by atoms with E-state index in [1.807, 2.05) is 18.2 Å². The Morgan fingerprint density at radius 2 is 2.00 bits per heavy atom. The lowest BCUT2D eigenvalue weighted by Crippen LogP contribution is -1.84. The smallest absolute Gasteiger partial charge is 0.180 e. The fourth-order valence-electron chi connectivity index (χ4n) is 1.28. The van der Waals surface area contributed by atoms with E-state index in [4.69, 9.17) is 5.73 Å². The van der Waals surface area contributed by atoms with E-state index in [1.54, 1.807) is 0 Å². The number of thiazole rings is 1. The molecule has 0 unspecified atom stereocenters. The van der Waals surface area contributed by atoms with Crippen molar-refractivity contribution < 1.29 is 0 Å². The molecule has 72 valence electrons. The summed E-state index contributed by atoms with van der Waals surface area (Å²) in [4.78, 5) is 5.41. The SMILES string of the molecule is Nc1nc(CBr)c(-c2ccccc2)s1. The van der Waals surface area contributed by atoms with Crippen molar-refractivity contribution in [3.05, 3.63) is 36.0 Å². The van der Waals surface area contributed by atoms with Crippen LogP contribution in [-0.4, -0.2) is 4.98 Å². The quantitative estimate of drug-likeness (QED) is 0.850. The molecule has 0 radical (unpaired) electrons. The van der Waals surface area contributed by atoms with Crippen LogP contribution in [0.25, 0.3) is 10.4 Å². The first-order chi connectivity index (χ1) is 6.81. The van der Waals surface area contributed by atoms with Crippen molar-refractivity contribution in [2.45, 2.75) is 5.33 Å². The molecule has 0 aliphatic carbocycles. The normalized spacial score (nSPS) is 10.4. The molecule has 0 fully saturated rings. The van der Waals surface area contributed by atoms with Gasteiger partial charge >= 0.3 is 0 Å². The molecule has 1 heterocycles. The highest BCUT2D eigenvalue weighted by atomic mass is 79.9. The van der Waals surface area contributed by atoms with E-state index in [0.29, 0.717) is 5.13 Å². The lowest BCUT2D eigenvalue weighted by atomic mass is 10.2. The highest BCUT2D eigenvalue weighted by molar-refractivity contribution is 9.08. The molecular formula is C10H9BrN2S. The Morgan fingerprint density at radius 3 is 2.64 bits per heavy atom. The molecule has 0 atom stereocenters. The largest absolute Gasteiger partial charge is 0.375 e. The number of anilines is 1. The van der Waals surface area contributed by atoms with Gasteiger partial charge in [0.25, 0.3) is 0 Å². The lowest BCUT2D eigenvalue weighted by molar-refractivity contribution is 1.25. The molecule has 1 aromatic carbocycles. The Balaban J connectivity index is 2.51. The zero-order chi connectivity index (χ0) is 9.97. The first-order valence-electron chi connectivity index (χ1n) is 4.18. The number of nitrogens with two attached hydrogens (primary N) is 1. The first kappa shape index (κ1) is 9.68. The molecule has 2 nitrogen and oxygen atoms in total. The van der Waals surface area contributed by atoms with Crippen LogP contribution in [0, 0.1) is 0 Å². The maximum absolute atomic E-state index is 5.68. The number of aromatic nitrogens is 1. The summed E-state index contributed by atoms with van der Waals surface area (Å²) in [6, 6.07) is 10.2. The average Bonchev–Trinajstić information content (AvgIpc) is 2.61. The van der Waals surface area contributed by atoms with Gasteiger partial charge in [-0.1, -0.05) is 57.6 Å². The summed E-state index contributed by atoms with van der Waals surface area (Å²) < 4.78 is 0. The molecule has 1 aromatic heterocycles. The van der Waals surface area contributed by atoms with E-state index in [0.717, 1.165) is 15.9 Å². The third-order valence-corrected chi connectivity index (χ3v) is 3.38. The topological polar surface area (TPSA) is 38.9 Å². The maximum Gasteiger partial charge on any atom is 0.180 e. The fourth-order valence-corrected chi connectivity index (χ4v) is 2.72. The first-order valence-corrected chi connectivity index (χ1v) is 6.11. The van der Waals surface area contributed by atoms with Gasteiger partial charge in [0.1, 0.15) is 0 Å². The van der Waals surface area contributed by atoms with Gasteiger partial charge in [0.05, 0.1) is 10.6 Å². The van der Waals surface area contributed by atoms with Crippen molar-refractivity contribution in [2.75, 3.05) is 5.73 Å². The summed E-state index contributed by atoms with van der Waals surface area (Å²) >= 11 is 4.94. The van der Waals surface area contributed by atoms with E-state index in [1.165, 1.54) is 16.9 Å². The summed E-state index contributed by atoms with van der Waals surface area (Å²) in [6.45, 7) is 0. The molecule has 2 aromatic rings. The van der Waals surface area contributed by atoms with Gasteiger partial charge in [-0.25, -0.2) is 4.98 Å². The summed E-state index contributed by atoms with van der Waals surface area (Å²) in [5, 5.41) is 1.36. The molecular weight excluding hydrogens is 260 g/mol. The van der Waals surface area contributed by atoms with Gasteiger partial charge in [0.2, 0.25) is 0 Å². The van der Waals surface area contributed by atoms with Crippen molar-refractivity contribution in [3.8, 4) is 10.4 Å². The van der Waals surface area contributed by atoms with Crippen LogP contribution in [-0.2, 0) is 5.33 Å². The van der Waals surface area contributed by atoms with Gasteiger partial charge in [0.15, 0.2) is 5.13 Å². The lowest BCUT2D eigenvalue weighted by Gasteiger charge is -1.97. The molecule has 0 amide bonds. The van der Waals surface area contributed by atoms with Crippen LogP contribution in [0.5, 0.6) is 0 Å². The van der Waals surface area contributed by atoms with Gasteiger partial charge in [-0.05, 0) is 5.56 Å². The van der Waals surface area contributed by atoms with E-state index in [-0.39, 0.29) is 0 Å². The summed E-state index contributed by atoms with van der Waals surface area (Å²) in [7, 11) is 0.